The number of hydrogen-bond acceptors (Lipinski definition) is 2. The quantitative estimate of drug-likeness (QED) is 0.756. The summed E-state index contributed by atoms with van der Waals surface area (Å²) in [6.07, 6.45) is 3.18. The van der Waals surface area contributed by atoms with Crippen LogP contribution in [-0.2, 0) is 16.4 Å². The third-order valence-electron chi connectivity index (χ3n) is 4.36. The SMILES string of the molecule is C=CCCN(C1Cc2ccccc21)S(=O)(=O)c1ccc(C)cc1. The Balaban J connectivity index is 1.96. The van der Waals surface area contributed by atoms with Crippen LogP contribution >= 0.6 is 0 Å². The van der Waals surface area contributed by atoms with Gasteiger partial charge in [-0.3, -0.25) is 0 Å². The molecule has 0 saturated heterocycles. The Hall–Kier alpha value is -1.91. The zero-order valence-corrected chi connectivity index (χ0v) is 14.1. The Morgan fingerprint density at radius 2 is 1.87 bits per heavy atom. The first-order valence-electron chi connectivity index (χ1n) is 7.81. The maximum atomic E-state index is 13.1. The van der Waals surface area contributed by atoms with Crippen molar-refractivity contribution in [1.29, 1.82) is 0 Å². The van der Waals surface area contributed by atoms with E-state index < -0.39 is 10.0 Å². The predicted molar refractivity (Wildman–Crippen MR) is 92.8 cm³/mol. The van der Waals surface area contributed by atoms with E-state index in [0.717, 1.165) is 17.5 Å². The molecule has 0 bridgehead atoms. The van der Waals surface area contributed by atoms with Gasteiger partial charge >= 0.3 is 0 Å². The van der Waals surface area contributed by atoms with Crippen LogP contribution < -0.4 is 0 Å². The highest BCUT2D eigenvalue weighted by atomic mass is 32.2. The van der Waals surface area contributed by atoms with Gasteiger partial charge in [0.25, 0.3) is 0 Å². The minimum absolute atomic E-state index is 0.0718. The average Bonchev–Trinajstić information content (AvgIpc) is 2.52. The molecule has 0 fully saturated rings. The Kier molecular flexibility index (Phi) is 4.37. The van der Waals surface area contributed by atoms with Crippen molar-refractivity contribution in [3.63, 3.8) is 0 Å². The lowest BCUT2D eigenvalue weighted by molar-refractivity contribution is 0.300. The first-order chi connectivity index (χ1) is 11.0. The van der Waals surface area contributed by atoms with Crippen LogP contribution in [0.25, 0.3) is 0 Å². The third kappa shape index (κ3) is 2.96. The zero-order valence-electron chi connectivity index (χ0n) is 13.3. The Labute approximate surface area is 138 Å². The molecule has 1 unspecified atom stereocenters. The largest absolute Gasteiger partial charge is 0.243 e. The van der Waals surface area contributed by atoms with Gasteiger partial charge in [-0.1, -0.05) is 48.0 Å². The number of rotatable bonds is 6. The Morgan fingerprint density at radius 1 is 1.17 bits per heavy atom. The van der Waals surface area contributed by atoms with Gasteiger partial charge in [-0.15, -0.1) is 6.58 Å². The molecule has 0 aromatic heterocycles. The monoisotopic (exact) mass is 327 g/mol. The zero-order chi connectivity index (χ0) is 16.4. The predicted octanol–water partition coefficient (Wildman–Crippen LogP) is 3.86. The number of fused-ring (bicyclic) bond motifs is 1. The molecule has 4 heteroatoms. The fourth-order valence-electron chi connectivity index (χ4n) is 3.00. The minimum Gasteiger partial charge on any atom is -0.207 e. The Bertz CT molecular complexity index is 810. The highest BCUT2D eigenvalue weighted by Crippen LogP contribution is 2.40. The highest BCUT2D eigenvalue weighted by molar-refractivity contribution is 7.89. The molecule has 1 atom stereocenters. The number of nitrogens with zero attached hydrogens (tertiary/aromatic N) is 1. The molecular formula is C19H21NO2S. The fraction of sp³-hybridized carbons (Fsp3) is 0.263. The summed E-state index contributed by atoms with van der Waals surface area (Å²) in [5.74, 6) is 0. The average molecular weight is 327 g/mol. The van der Waals surface area contributed by atoms with Gasteiger partial charge in [0.05, 0.1) is 10.9 Å². The van der Waals surface area contributed by atoms with Gasteiger partial charge in [0.15, 0.2) is 0 Å². The minimum atomic E-state index is -3.51. The van der Waals surface area contributed by atoms with Gasteiger partial charge < -0.3 is 0 Å². The van der Waals surface area contributed by atoms with Crippen LogP contribution in [0.1, 0.15) is 29.2 Å². The number of hydrogen-bond donors (Lipinski definition) is 0. The molecule has 2 aromatic carbocycles. The van der Waals surface area contributed by atoms with E-state index in [-0.39, 0.29) is 6.04 Å². The second-order valence-corrected chi connectivity index (χ2v) is 7.82. The maximum Gasteiger partial charge on any atom is 0.243 e. The summed E-state index contributed by atoms with van der Waals surface area (Å²) in [7, 11) is -3.51. The van der Waals surface area contributed by atoms with Crippen molar-refractivity contribution in [2.75, 3.05) is 6.54 Å². The maximum absolute atomic E-state index is 13.1. The number of benzene rings is 2. The molecule has 0 radical (unpaired) electrons. The van der Waals surface area contributed by atoms with E-state index in [1.807, 2.05) is 37.3 Å². The topological polar surface area (TPSA) is 37.4 Å². The normalized spacial score (nSPS) is 16.7. The van der Waals surface area contributed by atoms with E-state index in [4.69, 9.17) is 0 Å². The molecule has 23 heavy (non-hydrogen) atoms. The van der Waals surface area contributed by atoms with E-state index >= 15 is 0 Å². The molecule has 120 valence electrons. The molecule has 0 saturated carbocycles. The summed E-state index contributed by atoms with van der Waals surface area (Å²) in [5, 5.41) is 0. The molecular weight excluding hydrogens is 306 g/mol. The molecule has 3 rings (SSSR count). The smallest absolute Gasteiger partial charge is 0.207 e. The van der Waals surface area contributed by atoms with Crippen molar-refractivity contribution in [3.8, 4) is 0 Å². The summed E-state index contributed by atoms with van der Waals surface area (Å²) < 4.78 is 27.8. The molecule has 1 aliphatic rings. The molecule has 2 aromatic rings. The Morgan fingerprint density at radius 3 is 2.52 bits per heavy atom. The van der Waals surface area contributed by atoms with E-state index in [1.54, 1.807) is 22.5 Å². The van der Waals surface area contributed by atoms with Gasteiger partial charge in [-0.2, -0.15) is 4.31 Å². The van der Waals surface area contributed by atoms with Gasteiger partial charge in [0, 0.05) is 6.54 Å². The van der Waals surface area contributed by atoms with Crippen molar-refractivity contribution in [1.82, 2.24) is 4.31 Å². The van der Waals surface area contributed by atoms with Crippen LogP contribution in [-0.4, -0.2) is 19.3 Å². The fourth-order valence-corrected chi connectivity index (χ4v) is 4.62. The van der Waals surface area contributed by atoms with Crippen molar-refractivity contribution < 1.29 is 8.42 Å². The van der Waals surface area contributed by atoms with Gasteiger partial charge in [-0.05, 0) is 43.0 Å². The van der Waals surface area contributed by atoms with Crippen LogP contribution in [0, 0.1) is 6.92 Å². The van der Waals surface area contributed by atoms with E-state index in [0.29, 0.717) is 17.9 Å². The van der Waals surface area contributed by atoms with Gasteiger partial charge in [-0.25, -0.2) is 8.42 Å². The van der Waals surface area contributed by atoms with Crippen molar-refractivity contribution in [2.24, 2.45) is 0 Å². The molecule has 0 amide bonds. The van der Waals surface area contributed by atoms with E-state index in [1.165, 1.54) is 5.56 Å². The lowest BCUT2D eigenvalue weighted by Crippen LogP contribution is -2.40. The molecule has 0 N–H and O–H groups in total. The summed E-state index contributed by atoms with van der Waals surface area (Å²) in [5.41, 5.74) is 3.41. The molecule has 0 heterocycles. The lowest BCUT2D eigenvalue weighted by atomic mass is 9.83. The van der Waals surface area contributed by atoms with Crippen LogP contribution in [0.5, 0.6) is 0 Å². The van der Waals surface area contributed by atoms with Crippen molar-refractivity contribution >= 4 is 10.0 Å². The molecule has 1 aliphatic carbocycles. The third-order valence-corrected chi connectivity index (χ3v) is 6.28. The number of sulfonamides is 1. The molecule has 3 nitrogen and oxygen atoms in total. The number of aryl methyl sites for hydroxylation is 1. The van der Waals surface area contributed by atoms with Crippen molar-refractivity contribution in [3.05, 3.63) is 77.9 Å². The van der Waals surface area contributed by atoms with Crippen molar-refractivity contribution in [2.45, 2.75) is 30.7 Å². The second-order valence-electron chi connectivity index (χ2n) is 5.92. The summed E-state index contributed by atoms with van der Waals surface area (Å²) >= 11 is 0. The first kappa shape index (κ1) is 16.0. The standard InChI is InChI=1S/C19H21NO2S/c1-3-4-13-20(19-14-16-7-5-6-8-18(16)19)23(21,22)17-11-9-15(2)10-12-17/h3,5-12,19H,1,4,13-14H2,2H3. The molecule has 0 spiro atoms. The van der Waals surface area contributed by atoms with Gasteiger partial charge in [0.2, 0.25) is 10.0 Å². The first-order valence-corrected chi connectivity index (χ1v) is 9.25. The van der Waals surface area contributed by atoms with Gasteiger partial charge in [0.1, 0.15) is 0 Å². The van der Waals surface area contributed by atoms with Crippen LogP contribution in [0.3, 0.4) is 0 Å². The summed E-state index contributed by atoms with van der Waals surface area (Å²) in [6.45, 7) is 6.13. The lowest BCUT2D eigenvalue weighted by Gasteiger charge is -2.38. The van der Waals surface area contributed by atoms with Crippen LogP contribution in [0.15, 0.2) is 66.1 Å². The highest BCUT2D eigenvalue weighted by Gasteiger charge is 2.37. The van der Waals surface area contributed by atoms with Crippen LogP contribution in [0.4, 0.5) is 0 Å². The van der Waals surface area contributed by atoms with Crippen LogP contribution in [0.2, 0.25) is 0 Å². The molecule has 0 aliphatic heterocycles. The van der Waals surface area contributed by atoms with E-state index in [2.05, 4.69) is 12.6 Å². The summed E-state index contributed by atoms with van der Waals surface area (Å²) in [4.78, 5) is 0.358. The second kappa shape index (κ2) is 6.30. The van der Waals surface area contributed by atoms with E-state index in [9.17, 15) is 8.42 Å². The summed E-state index contributed by atoms with van der Waals surface area (Å²) in [6, 6.07) is 15.0.